The Morgan fingerprint density at radius 2 is 2.04 bits per heavy atom. The fraction of sp³-hybridized carbons (Fsp3) is 0.238. The SMILES string of the molecule is CCOc1ccc(C(=NCCCn2ccnc2)c2ccccc2)c(O)c1. The van der Waals surface area contributed by atoms with Gasteiger partial charge in [-0.2, -0.15) is 0 Å². The molecule has 26 heavy (non-hydrogen) atoms. The second-order valence-electron chi connectivity index (χ2n) is 5.86. The van der Waals surface area contributed by atoms with Crippen LogP contribution in [0.25, 0.3) is 0 Å². The van der Waals surface area contributed by atoms with Gasteiger partial charge in [0.05, 0.1) is 18.6 Å². The van der Waals surface area contributed by atoms with E-state index in [1.54, 1.807) is 18.6 Å². The molecular weight excluding hydrogens is 326 g/mol. The Hall–Kier alpha value is -3.08. The summed E-state index contributed by atoms with van der Waals surface area (Å²) in [5.74, 6) is 0.828. The standard InChI is InChI=1S/C21H23N3O2/c1-2-26-18-9-10-19(20(25)15-18)21(17-7-4-3-5-8-17)23-11-6-13-24-14-12-22-16-24/h3-5,7-10,12,14-16,25H,2,6,11,13H2,1H3. The fourth-order valence-corrected chi connectivity index (χ4v) is 2.76. The Labute approximate surface area is 153 Å². The van der Waals surface area contributed by atoms with E-state index in [9.17, 15) is 5.11 Å². The Kier molecular flexibility index (Phi) is 6.04. The normalized spacial score (nSPS) is 11.5. The van der Waals surface area contributed by atoms with Crippen molar-refractivity contribution in [1.82, 2.24) is 9.55 Å². The minimum absolute atomic E-state index is 0.174. The van der Waals surface area contributed by atoms with Crippen molar-refractivity contribution in [1.29, 1.82) is 0 Å². The monoisotopic (exact) mass is 349 g/mol. The molecule has 134 valence electrons. The lowest BCUT2D eigenvalue weighted by molar-refractivity contribution is 0.337. The average Bonchev–Trinajstić information content (AvgIpc) is 3.17. The number of aryl methyl sites for hydroxylation is 1. The van der Waals surface area contributed by atoms with E-state index < -0.39 is 0 Å². The molecule has 3 aromatic rings. The van der Waals surface area contributed by atoms with Gasteiger partial charge in [-0.15, -0.1) is 0 Å². The first-order valence-corrected chi connectivity index (χ1v) is 8.79. The molecule has 0 atom stereocenters. The van der Waals surface area contributed by atoms with Crippen LogP contribution in [-0.4, -0.2) is 33.5 Å². The topological polar surface area (TPSA) is 59.6 Å². The Balaban J connectivity index is 1.82. The summed E-state index contributed by atoms with van der Waals surface area (Å²) >= 11 is 0. The number of hydrogen-bond donors (Lipinski definition) is 1. The van der Waals surface area contributed by atoms with Gasteiger partial charge in [-0.05, 0) is 25.5 Å². The van der Waals surface area contributed by atoms with Gasteiger partial charge in [-0.1, -0.05) is 30.3 Å². The number of phenolic OH excluding ortho intramolecular Hbond substituents is 1. The Bertz CT molecular complexity index is 843. The molecule has 3 rings (SSSR count). The summed E-state index contributed by atoms with van der Waals surface area (Å²) in [7, 11) is 0. The van der Waals surface area contributed by atoms with E-state index in [0.29, 0.717) is 24.5 Å². The molecule has 0 aliphatic rings. The average molecular weight is 349 g/mol. The quantitative estimate of drug-likeness (QED) is 0.495. The Morgan fingerprint density at radius 3 is 2.73 bits per heavy atom. The van der Waals surface area contributed by atoms with Gasteiger partial charge in [0.2, 0.25) is 0 Å². The number of ether oxygens (including phenoxy) is 1. The molecule has 0 aliphatic heterocycles. The number of aliphatic imine (C=N–C) groups is 1. The van der Waals surface area contributed by atoms with Gasteiger partial charge in [-0.3, -0.25) is 4.99 Å². The van der Waals surface area contributed by atoms with Crippen molar-refractivity contribution in [2.45, 2.75) is 19.9 Å². The third-order valence-electron chi connectivity index (χ3n) is 3.99. The lowest BCUT2D eigenvalue weighted by atomic mass is 10.0. The van der Waals surface area contributed by atoms with Gasteiger partial charge >= 0.3 is 0 Å². The molecule has 5 heteroatoms. The van der Waals surface area contributed by atoms with Crippen molar-refractivity contribution in [3.8, 4) is 11.5 Å². The number of aromatic hydroxyl groups is 1. The lowest BCUT2D eigenvalue weighted by Crippen LogP contribution is -2.06. The molecule has 0 unspecified atom stereocenters. The largest absolute Gasteiger partial charge is 0.507 e. The van der Waals surface area contributed by atoms with E-state index in [-0.39, 0.29) is 5.75 Å². The lowest BCUT2D eigenvalue weighted by Gasteiger charge is -2.11. The highest BCUT2D eigenvalue weighted by atomic mass is 16.5. The summed E-state index contributed by atoms with van der Waals surface area (Å²) in [6.45, 7) is 4.00. The highest BCUT2D eigenvalue weighted by molar-refractivity contribution is 6.14. The van der Waals surface area contributed by atoms with Crippen LogP contribution in [0.15, 0.2) is 72.2 Å². The van der Waals surface area contributed by atoms with Crippen LogP contribution in [-0.2, 0) is 6.54 Å². The first kappa shape index (κ1) is 17.7. The van der Waals surface area contributed by atoms with E-state index in [2.05, 4.69) is 4.98 Å². The summed E-state index contributed by atoms with van der Waals surface area (Å²) in [5.41, 5.74) is 2.48. The van der Waals surface area contributed by atoms with E-state index in [4.69, 9.17) is 9.73 Å². The van der Waals surface area contributed by atoms with Crippen LogP contribution in [0, 0.1) is 0 Å². The number of benzene rings is 2. The van der Waals surface area contributed by atoms with Gasteiger partial charge in [0.1, 0.15) is 11.5 Å². The molecule has 0 saturated heterocycles. The molecule has 0 fully saturated rings. The highest BCUT2D eigenvalue weighted by Gasteiger charge is 2.12. The first-order chi connectivity index (χ1) is 12.8. The number of rotatable bonds is 8. The first-order valence-electron chi connectivity index (χ1n) is 8.79. The molecule has 0 amide bonds. The number of hydrogen-bond acceptors (Lipinski definition) is 4. The van der Waals surface area contributed by atoms with Gasteiger partial charge in [-0.25, -0.2) is 4.98 Å². The van der Waals surface area contributed by atoms with Crippen molar-refractivity contribution in [3.63, 3.8) is 0 Å². The number of aromatic nitrogens is 2. The minimum Gasteiger partial charge on any atom is -0.507 e. The van der Waals surface area contributed by atoms with Gasteiger partial charge < -0.3 is 14.4 Å². The number of phenols is 1. The van der Waals surface area contributed by atoms with Crippen molar-refractivity contribution < 1.29 is 9.84 Å². The molecule has 1 N–H and O–H groups in total. The maximum Gasteiger partial charge on any atom is 0.128 e. The van der Waals surface area contributed by atoms with Crippen molar-refractivity contribution >= 4 is 5.71 Å². The van der Waals surface area contributed by atoms with E-state index in [1.165, 1.54) is 0 Å². The van der Waals surface area contributed by atoms with Gasteiger partial charge in [0.25, 0.3) is 0 Å². The van der Waals surface area contributed by atoms with E-state index in [1.807, 2.05) is 60.2 Å². The van der Waals surface area contributed by atoms with E-state index >= 15 is 0 Å². The molecule has 0 aliphatic carbocycles. The molecule has 5 nitrogen and oxygen atoms in total. The molecule has 1 aromatic heterocycles. The molecule has 0 radical (unpaired) electrons. The van der Waals surface area contributed by atoms with Gasteiger partial charge in [0, 0.05) is 42.7 Å². The predicted molar refractivity (Wildman–Crippen MR) is 103 cm³/mol. The molecule has 0 saturated carbocycles. The maximum atomic E-state index is 10.5. The maximum absolute atomic E-state index is 10.5. The summed E-state index contributed by atoms with van der Waals surface area (Å²) < 4.78 is 7.49. The molecule has 2 aromatic carbocycles. The fourth-order valence-electron chi connectivity index (χ4n) is 2.76. The van der Waals surface area contributed by atoms with Crippen LogP contribution in [0.3, 0.4) is 0 Å². The molecule has 0 spiro atoms. The van der Waals surface area contributed by atoms with Gasteiger partial charge in [0.15, 0.2) is 0 Å². The van der Waals surface area contributed by atoms with Crippen molar-refractivity contribution in [3.05, 3.63) is 78.4 Å². The number of imidazole rings is 1. The zero-order chi connectivity index (χ0) is 18.2. The predicted octanol–water partition coefficient (Wildman–Crippen LogP) is 3.92. The Morgan fingerprint density at radius 1 is 1.19 bits per heavy atom. The van der Waals surface area contributed by atoms with Crippen LogP contribution in [0.2, 0.25) is 0 Å². The van der Waals surface area contributed by atoms with Crippen molar-refractivity contribution in [2.24, 2.45) is 4.99 Å². The third kappa shape index (κ3) is 4.51. The second-order valence-corrected chi connectivity index (χ2v) is 5.86. The van der Waals surface area contributed by atoms with Crippen LogP contribution in [0.4, 0.5) is 0 Å². The summed E-state index contributed by atoms with van der Waals surface area (Å²) in [4.78, 5) is 8.83. The van der Waals surface area contributed by atoms with Crippen LogP contribution >= 0.6 is 0 Å². The minimum atomic E-state index is 0.174. The van der Waals surface area contributed by atoms with Crippen LogP contribution in [0.1, 0.15) is 24.5 Å². The third-order valence-corrected chi connectivity index (χ3v) is 3.99. The molecule has 0 bridgehead atoms. The van der Waals surface area contributed by atoms with Crippen molar-refractivity contribution in [2.75, 3.05) is 13.2 Å². The smallest absolute Gasteiger partial charge is 0.128 e. The zero-order valence-electron chi connectivity index (χ0n) is 14.9. The summed E-state index contributed by atoms with van der Waals surface area (Å²) in [6.07, 6.45) is 6.42. The van der Waals surface area contributed by atoms with Crippen LogP contribution < -0.4 is 4.74 Å². The number of nitrogens with zero attached hydrogens (tertiary/aromatic N) is 3. The van der Waals surface area contributed by atoms with Crippen LogP contribution in [0.5, 0.6) is 11.5 Å². The zero-order valence-corrected chi connectivity index (χ0v) is 14.9. The summed E-state index contributed by atoms with van der Waals surface area (Å²) in [5, 5.41) is 10.5. The summed E-state index contributed by atoms with van der Waals surface area (Å²) in [6, 6.07) is 15.3. The van der Waals surface area contributed by atoms with E-state index in [0.717, 1.165) is 24.2 Å². The molecular formula is C21H23N3O2. The molecule has 1 heterocycles. The second kappa shape index (κ2) is 8.85. The highest BCUT2D eigenvalue weighted by Crippen LogP contribution is 2.26.